The average Bonchev–Trinajstić information content (AvgIpc) is 1.78. The van der Waals surface area contributed by atoms with Crippen LogP contribution >= 0.6 is 0 Å². The van der Waals surface area contributed by atoms with Gasteiger partial charge in [0, 0.05) is 17.6 Å². The summed E-state index contributed by atoms with van der Waals surface area (Å²) < 4.78 is 5.58. The molecule has 0 aliphatic carbocycles. The molecule has 0 fully saturated rings. The third kappa shape index (κ3) is 93.7. The summed E-state index contributed by atoms with van der Waals surface area (Å²) >= 11 is -1.75. The molecule has 0 unspecified atom stereocenters. The quantitative estimate of drug-likeness (QED) is 0.663. The fourth-order valence-corrected chi connectivity index (χ4v) is 11.0. The zero-order valence-electron chi connectivity index (χ0n) is 12.4. The molecular weight excluding hydrogens is 338 g/mol. The Kier molecular flexibility index (Phi) is 22.4. The molecule has 0 rings (SSSR count). The molecular formula is C10H30Ge2OSi2. The van der Waals surface area contributed by atoms with Crippen LogP contribution in [0.5, 0.6) is 0 Å². The summed E-state index contributed by atoms with van der Waals surface area (Å²) in [5, 5.41) is 0. The summed E-state index contributed by atoms with van der Waals surface area (Å²) in [7, 11) is 0.241. The summed E-state index contributed by atoms with van der Waals surface area (Å²) in [5.74, 6) is 9.00. The Balaban J connectivity index is -0.000000155. The molecule has 0 N–H and O–H groups in total. The van der Waals surface area contributed by atoms with Gasteiger partial charge in [-0.3, -0.25) is 0 Å². The van der Waals surface area contributed by atoms with Crippen molar-refractivity contribution in [3.05, 3.63) is 0 Å². The van der Waals surface area contributed by atoms with Gasteiger partial charge in [-0.2, -0.15) is 0 Å². The molecule has 5 heteroatoms. The molecule has 0 saturated carbocycles. The molecule has 0 aromatic rings. The van der Waals surface area contributed by atoms with Gasteiger partial charge >= 0.3 is 55.2 Å². The van der Waals surface area contributed by atoms with Crippen LogP contribution in [0.1, 0.15) is 0 Å². The molecule has 0 aliphatic rings. The van der Waals surface area contributed by atoms with Crippen LogP contribution in [0.2, 0.25) is 62.3 Å². The third-order valence-corrected chi connectivity index (χ3v) is 11.0. The number of rotatable bonds is 2. The summed E-state index contributed by atoms with van der Waals surface area (Å²) in [4.78, 5) is 0. The Hall–Kier alpha value is 1.48. The Morgan fingerprint density at radius 1 is 0.600 bits per heavy atom. The van der Waals surface area contributed by atoms with Crippen molar-refractivity contribution in [2.24, 2.45) is 0 Å². The predicted octanol–water partition coefficient (Wildman–Crippen LogP) is 4.25. The molecule has 4 radical (unpaired) electrons. The van der Waals surface area contributed by atoms with Crippen LogP contribution in [-0.2, 0) is 2.79 Å². The zero-order chi connectivity index (χ0) is 13.0. The first-order valence-electron chi connectivity index (χ1n) is 5.41. The summed E-state index contributed by atoms with van der Waals surface area (Å²) in [6.45, 7) is 13.6. The van der Waals surface area contributed by atoms with Gasteiger partial charge in [-0.25, -0.2) is 0 Å². The Morgan fingerprint density at radius 3 is 0.733 bits per heavy atom. The number of hydrogen-bond acceptors (Lipinski definition) is 1. The molecule has 0 heterocycles. The van der Waals surface area contributed by atoms with Gasteiger partial charge in [-0.1, -0.05) is 39.3 Å². The molecule has 15 heavy (non-hydrogen) atoms. The van der Waals surface area contributed by atoms with Crippen molar-refractivity contribution in [3.8, 4) is 0 Å². The number of hydrogen-bond donors (Lipinski definition) is 0. The van der Waals surface area contributed by atoms with Gasteiger partial charge in [0.05, 0.1) is 0 Å². The van der Waals surface area contributed by atoms with Crippen molar-refractivity contribution in [3.63, 3.8) is 0 Å². The predicted molar refractivity (Wildman–Crippen MR) is 82.7 cm³/mol. The van der Waals surface area contributed by atoms with E-state index in [0.29, 0.717) is 0 Å². The van der Waals surface area contributed by atoms with E-state index in [1.807, 2.05) is 0 Å². The monoisotopic (exact) mass is 370 g/mol. The normalized spacial score (nSPS) is 10.0. The topological polar surface area (TPSA) is 9.23 Å². The minimum absolute atomic E-state index is 0.120. The first kappa shape index (κ1) is 21.7. The molecule has 0 aromatic carbocycles. The SMILES string of the molecule is C[Si](C)C.C[Si](C)C.[CH3][Ge]([CH3])[O][Ge]([CH3])[CH3]. The van der Waals surface area contributed by atoms with Gasteiger partial charge in [0.1, 0.15) is 0 Å². The van der Waals surface area contributed by atoms with Crippen LogP contribution < -0.4 is 0 Å². The van der Waals surface area contributed by atoms with Crippen LogP contribution in [0.15, 0.2) is 0 Å². The third-order valence-electron chi connectivity index (χ3n) is 0.408. The molecule has 0 aliphatic heterocycles. The van der Waals surface area contributed by atoms with E-state index in [2.05, 4.69) is 62.3 Å². The minimum atomic E-state index is -0.875. The van der Waals surface area contributed by atoms with E-state index in [9.17, 15) is 0 Å². The fourth-order valence-electron chi connectivity index (χ4n) is 0.408. The van der Waals surface area contributed by atoms with E-state index in [1.165, 1.54) is 0 Å². The van der Waals surface area contributed by atoms with Crippen molar-refractivity contribution in [2.75, 3.05) is 0 Å². The molecule has 1 nitrogen and oxygen atoms in total. The van der Waals surface area contributed by atoms with Crippen LogP contribution in [-0.4, -0.2) is 47.0 Å². The molecule has 0 aromatic heterocycles. The average molecular weight is 368 g/mol. The van der Waals surface area contributed by atoms with Crippen LogP contribution in [0.4, 0.5) is 0 Å². The van der Waals surface area contributed by atoms with Gasteiger partial charge in [0.2, 0.25) is 0 Å². The Bertz CT molecular complexity index is 92.1. The van der Waals surface area contributed by atoms with E-state index in [-0.39, 0.29) is 17.6 Å². The van der Waals surface area contributed by atoms with E-state index in [1.54, 1.807) is 0 Å². The van der Waals surface area contributed by atoms with Gasteiger partial charge in [-0.15, -0.1) is 0 Å². The van der Waals surface area contributed by atoms with E-state index in [0.717, 1.165) is 0 Å². The summed E-state index contributed by atoms with van der Waals surface area (Å²) in [6, 6.07) is 0. The van der Waals surface area contributed by atoms with E-state index in [4.69, 9.17) is 2.79 Å². The van der Waals surface area contributed by atoms with Crippen LogP contribution in [0, 0.1) is 0 Å². The summed E-state index contributed by atoms with van der Waals surface area (Å²) in [5.41, 5.74) is 0. The van der Waals surface area contributed by atoms with Gasteiger partial charge < -0.3 is 0 Å². The summed E-state index contributed by atoms with van der Waals surface area (Å²) in [6.07, 6.45) is 0. The first-order valence-corrected chi connectivity index (χ1v) is 21.5. The van der Waals surface area contributed by atoms with Crippen molar-refractivity contribution in [1.82, 2.24) is 0 Å². The Labute approximate surface area is 111 Å². The standard InChI is InChI=1S/C4H12Ge2O.2C3H9Si/c1-5(2)7-6(3)4;2*1-4(2)3/h1-4H3;2*1-3H3. The van der Waals surface area contributed by atoms with Gasteiger partial charge in [0.15, 0.2) is 0 Å². The second-order valence-electron chi connectivity index (χ2n) is 4.92. The van der Waals surface area contributed by atoms with Crippen molar-refractivity contribution in [1.29, 1.82) is 0 Å². The molecule has 0 spiro atoms. The zero-order valence-corrected chi connectivity index (χ0v) is 18.6. The van der Waals surface area contributed by atoms with Gasteiger partial charge in [-0.05, 0) is 0 Å². The maximum absolute atomic E-state index is 5.58. The van der Waals surface area contributed by atoms with E-state index < -0.39 is 29.4 Å². The van der Waals surface area contributed by atoms with Crippen molar-refractivity contribution >= 4 is 47.0 Å². The molecule has 0 atom stereocenters. The van der Waals surface area contributed by atoms with Crippen molar-refractivity contribution < 1.29 is 2.79 Å². The van der Waals surface area contributed by atoms with Crippen LogP contribution in [0.3, 0.4) is 0 Å². The first-order chi connectivity index (χ1) is 6.59. The molecule has 0 bridgehead atoms. The molecule has 0 amide bonds. The Morgan fingerprint density at radius 2 is 0.733 bits per heavy atom. The molecule has 0 saturated heterocycles. The van der Waals surface area contributed by atoms with Crippen molar-refractivity contribution in [2.45, 2.75) is 62.3 Å². The second kappa shape index (κ2) is 15.5. The molecule has 92 valence electrons. The fraction of sp³-hybridized carbons (Fsp3) is 1.00. The van der Waals surface area contributed by atoms with Gasteiger partial charge in [0.25, 0.3) is 0 Å². The van der Waals surface area contributed by atoms with Crippen LogP contribution in [0.25, 0.3) is 0 Å². The second-order valence-corrected chi connectivity index (χ2v) is 21.2. The maximum atomic E-state index is 5.58. The van der Waals surface area contributed by atoms with E-state index >= 15 is 0 Å².